The molecule has 1 aromatic heterocycles. The van der Waals surface area contributed by atoms with Crippen LogP contribution in [-0.2, 0) is 6.42 Å². The molecular formula is C21H23ClN4O. The number of rotatable bonds is 8. The molecule has 2 N–H and O–H groups in total. The molecule has 3 rings (SSSR count). The van der Waals surface area contributed by atoms with Crippen molar-refractivity contribution in [3.63, 3.8) is 0 Å². The molecule has 0 spiro atoms. The van der Waals surface area contributed by atoms with E-state index in [0.29, 0.717) is 22.5 Å². The van der Waals surface area contributed by atoms with Crippen LogP contribution in [0.2, 0.25) is 5.02 Å². The Bertz CT molecular complexity index is 887. The minimum Gasteiger partial charge on any atom is -0.495 e. The topological polar surface area (TPSA) is 59.1 Å². The predicted molar refractivity (Wildman–Crippen MR) is 111 cm³/mol. The van der Waals surface area contributed by atoms with E-state index in [1.165, 1.54) is 5.56 Å². The summed E-state index contributed by atoms with van der Waals surface area (Å²) in [5, 5.41) is 7.22. The van der Waals surface area contributed by atoms with Gasteiger partial charge in [-0.05, 0) is 43.0 Å². The SMILES string of the molecule is COc1cc(Cl)c(C)cc1Nc1ccnc(NCCCc2ccccc2)n1. The van der Waals surface area contributed by atoms with Crippen LogP contribution in [0.5, 0.6) is 5.75 Å². The van der Waals surface area contributed by atoms with E-state index in [-0.39, 0.29) is 0 Å². The summed E-state index contributed by atoms with van der Waals surface area (Å²) < 4.78 is 5.40. The van der Waals surface area contributed by atoms with Crippen LogP contribution < -0.4 is 15.4 Å². The van der Waals surface area contributed by atoms with Crippen LogP contribution in [0.15, 0.2) is 54.7 Å². The second kappa shape index (κ2) is 9.24. The number of benzene rings is 2. The molecule has 0 aliphatic carbocycles. The van der Waals surface area contributed by atoms with Gasteiger partial charge in [0.25, 0.3) is 0 Å². The van der Waals surface area contributed by atoms with Crippen molar-refractivity contribution in [2.24, 2.45) is 0 Å². The maximum Gasteiger partial charge on any atom is 0.224 e. The molecule has 0 atom stereocenters. The third kappa shape index (κ3) is 5.34. The maximum atomic E-state index is 6.16. The smallest absolute Gasteiger partial charge is 0.224 e. The minimum atomic E-state index is 0.595. The first-order valence-corrected chi connectivity index (χ1v) is 9.25. The molecule has 0 aliphatic rings. The predicted octanol–water partition coefficient (Wildman–Crippen LogP) is 5.24. The van der Waals surface area contributed by atoms with Crippen LogP contribution in [0.25, 0.3) is 0 Å². The zero-order valence-electron chi connectivity index (χ0n) is 15.5. The van der Waals surface area contributed by atoms with Gasteiger partial charge in [0.15, 0.2) is 0 Å². The second-order valence-corrected chi connectivity index (χ2v) is 6.62. The lowest BCUT2D eigenvalue weighted by Gasteiger charge is -2.13. The number of nitrogens with zero attached hydrogens (tertiary/aromatic N) is 2. The lowest BCUT2D eigenvalue weighted by molar-refractivity contribution is 0.416. The monoisotopic (exact) mass is 382 g/mol. The Kier molecular flexibility index (Phi) is 6.49. The molecule has 0 fully saturated rings. The third-order valence-corrected chi connectivity index (χ3v) is 4.57. The Morgan fingerprint density at radius 2 is 1.93 bits per heavy atom. The Morgan fingerprint density at radius 3 is 2.70 bits per heavy atom. The van der Waals surface area contributed by atoms with Crippen molar-refractivity contribution >= 4 is 29.1 Å². The number of hydrogen-bond acceptors (Lipinski definition) is 5. The molecule has 6 heteroatoms. The Labute approximate surface area is 164 Å². The number of aromatic nitrogens is 2. The highest BCUT2D eigenvalue weighted by Gasteiger charge is 2.08. The number of hydrogen-bond donors (Lipinski definition) is 2. The van der Waals surface area contributed by atoms with Crippen molar-refractivity contribution < 1.29 is 4.74 Å². The van der Waals surface area contributed by atoms with Crippen molar-refractivity contribution in [3.05, 3.63) is 70.9 Å². The second-order valence-electron chi connectivity index (χ2n) is 6.21. The van der Waals surface area contributed by atoms with Gasteiger partial charge in [-0.3, -0.25) is 0 Å². The zero-order valence-corrected chi connectivity index (χ0v) is 16.3. The lowest BCUT2D eigenvalue weighted by Crippen LogP contribution is -2.07. The summed E-state index contributed by atoms with van der Waals surface area (Å²) >= 11 is 6.16. The molecule has 1 heterocycles. The van der Waals surface area contributed by atoms with Crippen LogP contribution in [0, 0.1) is 6.92 Å². The Balaban J connectivity index is 1.60. The van der Waals surface area contributed by atoms with Crippen molar-refractivity contribution in [2.45, 2.75) is 19.8 Å². The first-order valence-electron chi connectivity index (χ1n) is 8.87. The Morgan fingerprint density at radius 1 is 1.11 bits per heavy atom. The molecule has 0 radical (unpaired) electrons. The van der Waals surface area contributed by atoms with Crippen LogP contribution in [0.3, 0.4) is 0 Å². The van der Waals surface area contributed by atoms with Crippen molar-refractivity contribution in [1.29, 1.82) is 0 Å². The number of methoxy groups -OCH3 is 1. The van der Waals surface area contributed by atoms with Crippen LogP contribution >= 0.6 is 11.6 Å². The van der Waals surface area contributed by atoms with Gasteiger partial charge in [-0.15, -0.1) is 0 Å². The van der Waals surface area contributed by atoms with Gasteiger partial charge >= 0.3 is 0 Å². The van der Waals surface area contributed by atoms with E-state index in [9.17, 15) is 0 Å². The van der Waals surface area contributed by atoms with E-state index in [4.69, 9.17) is 16.3 Å². The fourth-order valence-electron chi connectivity index (χ4n) is 2.72. The van der Waals surface area contributed by atoms with Gasteiger partial charge in [0.1, 0.15) is 11.6 Å². The molecule has 0 saturated heterocycles. The normalized spacial score (nSPS) is 10.5. The van der Waals surface area contributed by atoms with Gasteiger partial charge in [-0.1, -0.05) is 41.9 Å². The molecule has 0 bridgehead atoms. The average Bonchev–Trinajstić information content (AvgIpc) is 2.69. The van der Waals surface area contributed by atoms with Crippen molar-refractivity contribution in [1.82, 2.24) is 9.97 Å². The van der Waals surface area contributed by atoms with E-state index in [1.807, 2.05) is 25.1 Å². The highest BCUT2D eigenvalue weighted by molar-refractivity contribution is 6.31. The summed E-state index contributed by atoms with van der Waals surface area (Å²) in [5.41, 5.74) is 3.11. The van der Waals surface area contributed by atoms with E-state index in [1.54, 1.807) is 19.4 Å². The molecule has 0 aliphatic heterocycles. The average molecular weight is 383 g/mol. The summed E-state index contributed by atoms with van der Waals surface area (Å²) in [7, 11) is 1.62. The van der Waals surface area contributed by atoms with Crippen LogP contribution in [-0.4, -0.2) is 23.6 Å². The van der Waals surface area contributed by atoms with Gasteiger partial charge in [0, 0.05) is 23.8 Å². The standard InChI is InChI=1S/C21H23ClN4O/c1-15-13-18(19(27-2)14-17(15)22)25-20-10-12-24-21(26-20)23-11-6-9-16-7-4-3-5-8-16/h3-5,7-8,10,12-14H,6,9,11H2,1-2H3,(H2,23,24,25,26). The first-order chi connectivity index (χ1) is 13.2. The van der Waals surface area contributed by atoms with Crippen LogP contribution in [0.1, 0.15) is 17.5 Å². The molecule has 0 amide bonds. The molecule has 3 aromatic rings. The highest BCUT2D eigenvalue weighted by Crippen LogP contribution is 2.32. The van der Waals surface area contributed by atoms with Gasteiger partial charge in [0.05, 0.1) is 12.8 Å². The minimum absolute atomic E-state index is 0.595. The van der Waals surface area contributed by atoms with Crippen molar-refractivity contribution in [2.75, 3.05) is 24.3 Å². The number of anilines is 3. The summed E-state index contributed by atoms with van der Waals surface area (Å²) in [4.78, 5) is 8.80. The van der Waals surface area contributed by atoms with E-state index < -0.39 is 0 Å². The molecule has 140 valence electrons. The molecule has 2 aromatic carbocycles. The summed E-state index contributed by atoms with van der Waals surface area (Å²) in [5.74, 6) is 1.95. The molecule has 0 unspecified atom stereocenters. The number of aryl methyl sites for hydroxylation is 2. The molecular weight excluding hydrogens is 360 g/mol. The highest BCUT2D eigenvalue weighted by atomic mass is 35.5. The molecule has 5 nitrogen and oxygen atoms in total. The number of halogens is 1. The van der Waals surface area contributed by atoms with E-state index >= 15 is 0 Å². The number of ether oxygens (including phenoxy) is 1. The zero-order chi connectivity index (χ0) is 19.1. The van der Waals surface area contributed by atoms with Crippen molar-refractivity contribution in [3.8, 4) is 5.75 Å². The van der Waals surface area contributed by atoms with Crippen LogP contribution in [0.4, 0.5) is 17.5 Å². The molecule has 27 heavy (non-hydrogen) atoms. The maximum absolute atomic E-state index is 6.16. The summed E-state index contributed by atoms with van der Waals surface area (Å²) in [6.07, 6.45) is 3.76. The third-order valence-electron chi connectivity index (χ3n) is 4.17. The summed E-state index contributed by atoms with van der Waals surface area (Å²) in [6.45, 7) is 2.76. The first kappa shape index (κ1) is 19.0. The molecule has 0 saturated carbocycles. The largest absolute Gasteiger partial charge is 0.495 e. The number of nitrogens with one attached hydrogen (secondary N) is 2. The van der Waals surface area contributed by atoms with E-state index in [2.05, 4.69) is 44.9 Å². The van der Waals surface area contributed by atoms with Gasteiger partial charge < -0.3 is 15.4 Å². The van der Waals surface area contributed by atoms with E-state index in [0.717, 1.165) is 30.6 Å². The Hall–Kier alpha value is -2.79. The van der Waals surface area contributed by atoms with Gasteiger partial charge in [-0.25, -0.2) is 4.98 Å². The fourth-order valence-corrected chi connectivity index (χ4v) is 2.87. The summed E-state index contributed by atoms with van der Waals surface area (Å²) in [6, 6.07) is 16.0. The quantitative estimate of drug-likeness (QED) is 0.522. The lowest BCUT2D eigenvalue weighted by atomic mass is 10.1. The van der Waals surface area contributed by atoms with Gasteiger partial charge in [-0.2, -0.15) is 4.98 Å². The van der Waals surface area contributed by atoms with Gasteiger partial charge in [0.2, 0.25) is 5.95 Å². The fraction of sp³-hybridized carbons (Fsp3) is 0.238.